The minimum atomic E-state index is 0.468. The fourth-order valence-electron chi connectivity index (χ4n) is 3.92. The van der Waals surface area contributed by atoms with Gasteiger partial charge in [-0.1, -0.05) is 30.2 Å². The Hall–Kier alpha value is -0.610. The van der Waals surface area contributed by atoms with Crippen molar-refractivity contribution in [3.05, 3.63) is 34.3 Å². The minimum Gasteiger partial charge on any atom is -0.330 e. The number of rotatable bonds is 4. The third-order valence-electron chi connectivity index (χ3n) is 5.27. The van der Waals surface area contributed by atoms with E-state index in [0.717, 1.165) is 31.1 Å². The van der Waals surface area contributed by atoms with Gasteiger partial charge in [0.2, 0.25) is 0 Å². The van der Waals surface area contributed by atoms with Crippen molar-refractivity contribution in [2.45, 2.75) is 38.3 Å². The van der Waals surface area contributed by atoms with Crippen LogP contribution in [0, 0.1) is 5.92 Å². The number of hydrogen-bond donors (Lipinski definition) is 1. The highest BCUT2D eigenvalue weighted by atomic mass is 35.5. The Morgan fingerprint density at radius 1 is 1.23 bits per heavy atom. The van der Waals surface area contributed by atoms with Gasteiger partial charge in [-0.3, -0.25) is 9.80 Å². The van der Waals surface area contributed by atoms with Crippen LogP contribution < -0.4 is 5.73 Å². The van der Waals surface area contributed by atoms with Gasteiger partial charge in [-0.05, 0) is 69.1 Å². The van der Waals surface area contributed by atoms with E-state index in [9.17, 15) is 0 Å². The standard InChI is InChI=1S/C18H28ClN3/c1-21-12-14(11-20)9-18(21)15-5-6-16(17(19)10-15)13-22-7-3-2-4-8-22/h5-6,10,14,18H,2-4,7-9,11-13,20H2,1H3. The van der Waals surface area contributed by atoms with E-state index in [1.165, 1.54) is 43.5 Å². The summed E-state index contributed by atoms with van der Waals surface area (Å²) in [5.41, 5.74) is 8.44. The van der Waals surface area contributed by atoms with Crippen molar-refractivity contribution in [3.8, 4) is 0 Å². The lowest BCUT2D eigenvalue weighted by atomic mass is 9.98. The first-order valence-corrected chi connectivity index (χ1v) is 8.96. The predicted octanol–water partition coefficient (Wildman–Crippen LogP) is 3.28. The maximum atomic E-state index is 6.58. The summed E-state index contributed by atoms with van der Waals surface area (Å²) in [5.74, 6) is 0.613. The average molecular weight is 322 g/mol. The molecule has 0 spiro atoms. The second-order valence-electron chi connectivity index (χ2n) is 6.98. The molecular weight excluding hydrogens is 294 g/mol. The van der Waals surface area contributed by atoms with Gasteiger partial charge in [0.1, 0.15) is 0 Å². The number of nitrogens with two attached hydrogens (primary N) is 1. The molecule has 2 heterocycles. The molecule has 1 aromatic rings. The maximum absolute atomic E-state index is 6.58. The van der Waals surface area contributed by atoms with E-state index in [1.54, 1.807) is 0 Å². The molecule has 122 valence electrons. The van der Waals surface area contributed by atoms with E-state index in [1.807, 2.05) is 0 Å². The molecule has 4 heteroatoms. The van der Waals surface area contributed by atoms with Crippen LogP contribution in [0.2, 0.25) is 5.02 Å². The van der Waals surface area contributed by atoms with Crippen LogP contribution in [0.1, 0.15) is 42.9 Å². The van der Waals surface area contributed by atoms with Crippen molar-refractivity contribution in [1.29, 1.82) is 0 Å². The van der Waals surface area contributed by atoms with Crippen LogP contribution in [0.25, 0.3) is 0 Å². The van der Waals surface area contributed by atoms with E-state index in [-0.39, 0.29) is 0 Å². The van der Waals surface area contributed by atoms with Crippen LogP contribution in [0.5, 0.6) is 0 Å². The monoisotopic (exact) mass is 321 g/mol. The van der Waals surface area contributed by atoms with Gasteiger partial charge in [0.25, 0.3) is 0 Å². The molecule has 3 rings (SSSR count). The van der Waals surface area contributed by atoms with Crippen LogP contribution in [0.4, 0.5) is 0 Å². The summed E-state index contributed by atoms with van der Waals surface area (Å²) in [6.45, 7) is 5.28. The van der Waals surface area contributed by atoms with Crippen molar-refractivity contribution in [2.75, 3.05) is 33.2 Å². The van der Waals surface area contributed by atoms with Crippen molar-refractivity contribution < 1.29 is 0 Å². The molecule has 2 saturated heterocycles. The SMILES string of the molecule is CN1CC(CN)CC1c1ccc(CN2CCCCC2)c(Cl)c1. The first kappa shape index (κ1) is 16.3. The second kappa shape index (κ2) is 7.31. The molecule has 0 saturated carbocycles. The normalized spacial score (nSPS) is 27.4. The molecular formula is C18H28ClN3. The predicted molar refractivity (Wildman–Crippen MR) is 93.1 cm³/mol. The van der Waals surface area contributed by atoms with Gasteiger partial charge in [0.05, 0.1) is 0 Å². The van der Waals surface area contributed by atoms with Gasteiger partial charge in [-0.15, -0.1) is 0 Å². The van der Waals surface area contributed by atoms with Gasteiger partial charge in [-0.25, -0.2) is 0 Å². The highest BCUT2D eigenvalue weighted by Crippen LogP contribution is 2.35. The summed E-state index contributed by atoms with van der Waals surface area (Å²) in [7, 11) is 2.19. The Bertz CT molecular complexity index is 499. The molecule has 1 aromatic carbocycles. The summed E-state index contributed by atoms with van der Waals surface area (Å²) in [4.78, 5) is 4.93. The molecule has 0 amide bonds. The summed E-state index contributed by atoms with van der Waals surface area (Å²) in [5, 5.41) is 0.924. The quantitative estimate of drug-likeness (QED) is 0.923. The molecule has 0 aromatic heterocycles. The fraction of sp³-hybridized carbons (Fsp3) is 0.667. The van der Waals surface area contributed by atoms with E-state index in [2.05, 4.69) is 35.0 Å². The minimum absolute atomic E-state index is 0.468. The van der Waals surface area contributed by atoms with Crippen molar-refractivity contribution in [1.82, 2.24) is 9.80 Å². The van der Waals surface area contributed by atoms with Crippen LogP contribution in [0.15, 0.2) is 18.2 Å². The lowest BCUT2D eigenvalue weighted by Gasteiger charge is -2.27. The van der Waals surface area contributed by atoms with Crippen molar-refractivity contribution in [3.63, 3.8) is 0 Å². The number of halogens is 1. The first-order chi connectivity index (χ1) is 10.7. The Morgan fingerprint density at radius 2 is 2.00 bits per heavy atom. The van der Waals surface area contributed by atoms with Gasteiger partial charge >= 0.3 is 0 Å². The molecule has 3 nitrogen and oxygen atoms in total. The Balaban J connectivity index is 1.69. The molecule has 0 aliphatic carbocycles. The molecule has 2 N–H and O–H groups in total. The number of benzene rings is 1. The first-order valence-electron chi connectivity index (χ1n) is 8.58. The molecule has 2 fully saturated rings. The molecule has 2 unspecified atom stereocenters. The van der Waals surface area contributed by atoms with E-state index < -0.39 is 0 Å². The summed E-state index contributed by atoms with van der Waals surface area (Å²) < 4.78 is 0. The largest absolute Gasteiger partial charge is 0.330 e. The van der Waals surface area contributed by atoms with Crippen molar-refractivity contribution in [2.24, 2.45) is 11.7 Å². The number of piperidine rings is 1. The third-order valence-corrected chi connectivity index (χ3v) is 5.62. The molecule has 2 aliphatic rings. The highest BCUT2D eigenvalue weighted by molar-refractivity contribution is 6.31. The maximum Gasteiger partial charge on any atom is 0.0454 e. The molecule has 0 radical (unpaired) electrons. The Labute approximate surface area is 139 Å². The van der Waals surface area contributed by atoms with Gasteiger partial charge in [-0.2, -0.15) is 0 Å². The van der Waals surface area contributed by atoms with Gasteiger partial charge in [0, 0.05) is 24.2 Å². The van der Waals surface area contributed by atoms with Crippen LogP contribution in [0.3, 0.4) is 0 Å². The van der Waals surface area contributed by atoms with E-state index >= 15 is 0 Å². The lowest BCUT2D eigenvalue weighted by molar-refractivity contribution is 0.221. The zero-order chi connectivity index (χ0) is 15.5. The van der Waals surface area contributed by atoms with Gasteiger partial charge < -0.3 is 5.73 Å². The molecule has 2 aliphatic heterocycles. The topological polar surface area (TPSA) is 32.5 Å². The third kappa shape index (κ3) is 3.65. The second-order valence-corrected chi connectivity index (χ2v) is 7.39. The van der Waals surface area contributed by atoms with Crippen LogP contribution in [-0.2, 0) is 6.54 Å². The molecule has 22 heavy (non-hydrogen) atoms. The number of nitrogens with zero attached hydrogens (tertiary/aromatic N) is 2. The van der Waals surface area contributed by atoms with Crippen LogP contribution >= 0.6 is 11.6 Å². The summed E-state index contributed by atoms with van der Waals surface area (Å²) >= 11 is 6.58. The Kier molecular flexibility index (Phi) is 5.40. The van der Waals surface area contributed by atoms with E-state index in [0.29, 0.717) is 12.0 Å². The Morgan fingerprint density at radius 3 is 2.64 bits per heavy atom. The zero-order valence-corrected chi connectivity index (χ0v) is 14.4. The van der Waals surface area contributed by atoms with Crippen molar-refractivity contribution >= 4 is 11.6 Å². The average Bonchev–Trinajstić information content (AvgIpc) is 2.91. The number of likely N-dealkylation sites (tertiary alicyclic amines) is 2. The lowest BCUT2D eigenvalue weighted by Crippen LogP contribution is -2.29. The summed E-state index contributed by atoms with van der Waals surface area (Å²) in [6, 6.07) is 7.15. The zero-order valence-electron chi connectivity index (χ0n) is 13.6. The van der Waals surface area contributed by atoms with Crippen LogP contribution in [-0.4, -0.2) is 43.0 Å². The highest BCUT2D eigenvalue weighted by Gasteiger charge is 2.29. The smallest absolute Gasteiger partial charge is 0.0454 e. The van der Waals surface area contributed by atoms with Gasteiger partial charge in [0.15, 0.2) is 0 Å². The fourth-order valence-corrected chi connectivity index (χ4v) is 4.17. The molecule has 0 bridgehead atoms. The number of hydrogen-bond acceptors (Lipinski definition) is 3. The molecule has 2 atom stereocenters. The summed E-state index contributed by atoms with van der Waals surface area (Å²) in [6.07, 6.45) is 5.17. The van der Waals surface area contributed by atoms with E-state index in [4.69, 9.17) is 17.3 Å².